The number of para-hydroxylation sites is 1. The van der Waals surface area contributed by atoms with Crippen LogP contribution >= 0.6 is 0 Å². The fourth-order valence-corrected chi connectivity index (χ4v) is 2.22. The van der Waals surface area contributed by atoms with E-state index in [1.54, 1.807) is 18.2 Å². The van der Waals surface area contributed by atoms with Crippen molar-refractivity contribution in [2.45, 2.75) is 20.0 Å². The van der Waals surface area contributed by atoms with E-state index in [-0.39, 0.29) is 11.9 Å². The SMILES string of the molecule is CC(C)Oc1cccc(C(=O)c2cc3ccccc3o2)c1. The lowest BCUT2D eigenvalue weighted by Gasteiger charge is -2.10. The van der Waals surface area contributed by atoms with Gasteiger partial charge in [-0.05, 0) is 38.1 Å². The van der Waals surface area contributed by atoms with Crippen molar-refractivity contribution in [1.29, 1.82) is 0 Å². The van der Waals surface area contributed by atoms with Crippen molar-refractivity contribution in [1.82, 2.24) is 0 Å². The molecule has 106 valence electrons. The highest BCUT2D eigenvalue weighted by molar-refractivity contribution is 6.09. The molecule has 1 aromatic heterocycles. The van der Waals surface area contributed by atoms with Crippen LogP contribution in [0.3, 0.4) is 0 Å². The van der Waals surface area contributed by atoms with Gasteiger partial charge in [0.1, 0.15) is 11.3 Å². The molecule has 1 heterocycles. The highest BCUT2D eigenvalue weighted by Gasteiger charge is 2.15. The summed E-state index contributed by atoms with van der Waals surface area (Å²) in [6, 6.07) is 16.5. The van der Waals surface area contributed by atoms with Gasteiger partial charge in [-0.3, -0.25) is 4.79 Å². The van der Waals surface area contributed by atoms with Gasteiger partial charge in [-0.25, -0.2) is 0 Å². The first-order valence-electron chi connectivity index (χ1n) is 6.93. The van der Waals surface area contributed by atoms with Gasteiger partial charge in [0.2, 0.25) is 5.78 Å². The third kappa shape index (κ3) is 2.82. The van der Waals surface area contributed by atoms with E-state index in [2.05, 4.69) is 0 Å². The van der Waals surface area contributed by atoms with E-state index in [1.807, 2.05) is 50.2 Å². The zero-order valence-corrected chi connectivity index (χ0v) is 12.0. The van der Waals surface area contributed by atoms with Gasteiger partial charge in [0.05, 0.1) is 6.10 Å². The first-order valence-corrected chi connectivity index (χ1v) is 6.93. The summed E-state index contributed by atoms with van der Waals surface area (Å²) in [6.45, 7) is 3.90. The molecule has 3 aromatic rings. The Hall–Kier alpha value is -2.55. The summed E-state index contributed by atoms with van der Waals surface area (Å²) in [5.74, 6) is 0.894. The van der Waals surface area contributed by atoms with E-state index in [4.69, 9.17) is 9.15 Å². The number of ether oxygens (including phenoxy) is 1. The van der Waals surface area contributed by atoms with Crippen molar-refractivity contribution >= 4 is 16.8 Å². The quantitative estimate of drug-likeness (QED) is 0.663. The van der Waals surface area contributed by atoms with E-state index in [1.165, 1.54) is 0 Å². The molecule has 0 bridgehead atoms. The molecule has 3 rings (SSSR count). The molecule has 0 fully saturated rings. The molecule has 0 N–H and O–H groups in total. The lowest BCUT2D eigenvalue weighted by atomic mass is 10.1. The van der Waals surface area contributed by atoms with Crippen molar-refractivity contribution in [2.75, 3.05) is 0 Å². The largest absolute Gasteiger partial charge is 0.491 e. The van der Waals surface area contributed by atoms with Gasteiger partial charge in [0, 0.05) is 10.9 Å². The highest BCUT2D eigenvalue weighted by atomic mass is 16.5. The number of hydrogen-bond donors (Lipinski definition) is 0. The fraction of sp³-hybridized carbons (Fsp3) is 0.167. The molecular formula is C18H16O3. The van der Waals surface area contributed by atoms with Crippen LogP contribution in [0.5, 0.6) is 5.75 Å². The average Bonchev–Trinajstić information content (AvgIpc) is 2.90. The molecule has 0 saturated carbocycles. The first kappa shape index (κ1) is 13.4. The van der Waals surface area contributed by atoms with E-state index < -0.39 is 0 Å². The van der Waals surface area contributed by atoms with Crippen molar-refractivity contribution in [3.8, 4) is 5.75 Å². The van der Waals surface area contributed by atoms with Gasteiger partial charge in [-0.1, -0.05) is 30.3 Å². The van der Waals surface area contributed by atoms with Crippen LogP contribution in [0.1, 0.15) is 30.0 Å². The number of carbonyl (C=O) groups is 1. The summed E-state index contributed by atoms with van der Waals surface area (Å²) >= 11 is 0. The molecule has 0 saturated heterocycles. The molecule has 0 aliphatic carbocycles. The normalized spacial score (nSPS) is 11.0. The van der Waals surface area contributed by atoms with Crippen molar-refractivity contribution in [3.05, 3.63) is 65.9 Å². The Bertz CT molecular complexity index is 751. The Morgan fingerprint density at radius 3 is 2.62 bits per heavy atom. The predicted molar refractivity (Wildman–Crippen MR) is 81.9 cm³/mol. The number of rotatable bonds is 4. The minimum absolute atomic E-state index is 0.0709. The summed E-state index contributed by atoms with van der Waals surface area (Å²) < 4.78 is 11.2. The van der Waals surface area contributed by atoms with Gasteiger partial charge < -0.3 is 9.15 Å². The maximum absolute atomic E-state index is 12.5. The highest BCUT2D eigenvalue weighted by Crippen LogP contribution is 2.23. The van der Waals surface area contributed by atoms with Gasteiger partial charge in [-0.15, -0.1) is 0 Å². The topological polar surface area (TPSA) is 39.4 Å². The third-order valence-electron chi connectivity index (χ3n) is 3.12. The van der Waals surface area contributed by atoms with Crippen molar-refractivity contribution in [2.24, 2.45) is 0 Å². The minimum Gasteiger partial charge on any atom is -0.491 e. The summed E-state index contributed by atoms with van der Waals surface area (Å²) in [4.78, 5) is 12.5. The van der Waals surface area contributed by atoms with Crippen LogP contribution in [0.15, 0.2) is 59.0 Å². The summed E-state index contributed by atoms with van der Waals surface area (Å²) in [5, 5.41) is 0.926. The van der Waals surface area contributed by atoms with Gasteiger partial charge >= 0.3 is 0 Å². The van der Waals surface area contributed by atoms with Crippen LogP contribution in [-0.2, 0) is 0 Å². The van der Waals surface area contributed by atoms with Crippen molar-refractivity contribution in [3.63, 3.8) is 0 Å². The lowest BCUT2D eigenvalue weighted by Crippen LogP contribution is -2.06. The van der Waals surface area contributed by atoms with Crippen LogP contribution in [0.2, 0.25) is 0 Å². The average molecular weight is 280 g/mol. The molecule has 0 spiro atoms. The molecule has 0 amide bonds. The minimum atomic E-state index is -0.139. The Balaban J connectivity index is 1.94. The van der Waals surface area contributed by atoms with E-state index in [0.717, 1.165) is 11.0 Å². The van der Waals surface area contributed by atoms with E-state index in [0.29, 0.717) is 17.1 Å². The second kappa shape index (κ2) is 5.44. The molecule has 3 nitrogen and oxygen atoms in total. The fourth-order valence-electron chi connectivity index (χ4n) is 2.22. The van der Waals surface area contributed by atoms with Crippen molar-refractivity contribution < 1.29 is 13.9 Å². The number of ketones is 1. The number of fused-ring (bicyclic) bond motifs is 1. The summed E-state index contributed by atoms with van der Waals surface area (Å²) in [5.41, 5.74) is 1.28. The Morgan fingerprint density at radius 1 is 1.05 bits per heavy atom. The molecule has 0 radical (unpaired) electrons. The second-order valence-corrected chi connectivity index (χ2v) is 5.17. The Kier molecular flexibility index (Phi) is 3.48. The molecule has 0 atom stereocenters. The van der Waals surface area contributed by atoms with Gasteiger partial charge in [0.15, 0.2) is 5.76 Å². The number of furan rings is 1. The van der Waals surface area contributed by atoms with Gasteiger partial charge in [0.25, 0.3) is 0 Å². The van der Waals surface area contributed by atoms with E-state index >= 15 is 0 Å². The van der Waals surface area contributed by atoms with Gasteiger partial charge in [-0.2, -0.15) is 0 Å². The number of benzene rings is 2. The number of carbonyl (C=O) groups excluding carboxylic acids is 1. The van der Waals surface area contributed by atoms with Crippen LogP contribution in [-0.4, -0.2) is 11.9 Å². The predicted octanol–water partition coefficient (Wildman–Crippen LogP) is 4.45. The summed E-state index contributed by atoms with van der Waals surface area (Å²) in [7, 11) is 0. The third-order valence-corrected chi connectivity index (χ3v) is 3.12. The maximum Gasteiger partial charge on any atom is 0.228 e. The second-order valence-electron chi connectivity index (χ2n) is 5.17. The maximum atomic E-state index is 12.5. The molecule has 0 aliphatic rings. The molecular weight excluding hydrogens is 264 g/mol. The lowest BCUT2D eigenvalue weighted by molar-refractivity contribution is 0.101. The number of hydrogen-bond acceptors (Lipinski definition) is 3. The monoisotopic (exact) mass is 280 g/mol. The molecule has 3 heteroatoms. The Morgan fingerprint density at radius 2 is 1.86 bits per heavy atom. The first-order chi connectivity index (χ1) is 10.1. The zero-order chi connectivity index (χ0) is 14.8. The summed E-state index contributed by atoms with van der Waals surface area (Å²) in [6.07, 6.45) is 0.0709. The Labute approximate surface area is 123 Å². The molecule has 21 heavy (non-hydrogen) atoms. The standard InChI is InChI=1S/C18H16O3/c1-12(2)20-15-8-5-7-14(10-15)18(19)17-11-13-6-3-4-9-16(13)21-17/h3-12H,1-2H3. The van der Waals surface area contributed by atoms with Crippen LogP contribution in [0, 0.1) is 0 Å². The smallest absolute Gasteiger partial charge is 0.228 e. The zero-order valence-electron chi connectivity index (χ0n) is 12.0. The van der Waals surface area contributed by atoms with Crippen LogP contribution in [0.25, 0.3) is 11.0 Å². The molecule has 0 unspecified atom stereocenters. The molecule has 0 aliphatic heterocycles. The molecule has 2 aromatic carbocycles. The van der Waals surface area contributed by atoms with E-state index in [9.17, 15) is 4.79 Å². The van der Waals surface area contributed by atoms with Crippen LogP contribution in [0.4, 0.5) is 0 Å². The van der Waals surface area contributed by atoms with Crippen LogP contribution < -0.4 is 4.74 Å².